The second kappa shape index (κ2) is 5.85. The molecule has 1 aromatic heterocycles. The van der Waals surface area contributed by atoms with Gasteiger partial charge in [-0.1, -0.05) is 35.9 Å². The van der Waals surface area contributed by atoms with Crippen molar-refractivity contribution in [1.82, 2.24) is 9.97 Å². The number of carboxylic acids is 1. The molecule has 2 rings (SSSR count). The number of nitrogens with zero attached hydrogens (tertiary/aromatic N) is 2. The molecule has 20 heavy (non-hydrogen) atoms. The molecule has 0 spiro atoms. The number of hydrogen-bond acceptors (Lipinski definition) is 5. The summed E-state index contributed by atoms with van der Waals surface area (Å²) in [5.41, 5.74) is 13.3. The fourth-order valence-electron chi connectivity index (χ4n) is 1.74. The highest BCUT2D eigenvalue weighted by Crippen LogP contribution is 2.21. The third kappa shape index (κ3) is 3.43. The molecule has 0 saturated carbocycles. The quantitative estimate of drug-likeness (QED) is 0.732. The van der Waals surface area contributed by atoms with Gasteiger partial charge in [-0.25, -0.2) is 9.97 Å². The molecule has 6 nitrogen and oxygen atoms in total. The summed E-state index contributed by atoms with van der Waals surface area (Å²) in [6.07, 6.45) is 0.266. The Hall–Kier alpha value is -2.18. The van der Waals surface area contributed by atoms with Gasteiger partial charge in [-0.3, -0.25) is 4.79 Å². The molecule has 0 fully saturated rings. The minimum absolute atomic E-state index is 0.101. The Morgan fingerprint density at radius 3 is 2.50 bits per heavy atom. The van der Waals surface area contributed by atoms with Crippen LogP contribution in [-0.2, 0) is 11.2 Å². The van der Waals surface area contributed by atoms with Crippen LogP contribution < -0.4 is 11.5 Å². The number of nitrogen functional groups attached to an aromatic ring is 1. The van der Waals surface area contributed by atoms with Crippen LogP contribution in [0.4, 0.5) is 5.95 Å². The van der Waals surface area contributed by atoms with Crippen molar-refractivity contribution in [1.29, 1.82) is 0 Å². The van der Waals surface area contributed by atoms with Gasteiger partial charge in [0, 0.05) is 11.6 Å². The molecule has 104 valence electrons. The first-order valence-corrected chi connectivity index (χ1v) is 6.21. The molecule has 0 aliphatic carbocycles. The minimum atomic E-state index is -1.02. The van der Waals surface area contributed by atoms with Gasteiger partial charge in [0.2, 0.25) is 5.95 Å². The Morgan fingerprint density at radius 1 is 1.30 bits per heavy atom. The summed E-state index contributed by atoms with van der Waals surface area (Å²) in [5, 5.41) is 9.03. The van der Waals surface area contributed by atoms with Gasteiger partial charge in [-0.15, -0.1) is 0 Å². The first kappa shape index (κ1) is 14.2. The smallest absolute Gasteiger partial charge is 0.320 e. The van der Waals surface area contributed by atoms with Gasteiger partial charge in [0.05, 0.1) is 5.69 Å². The van der Waals surface area contributed by atoms with Crippen molar-refractivity contribution in [2.24, 2.45) is 5.73 Å². The predicted molar refractivity (Wildman–Crippen MR) is 76.2 cm³/mol. The van der Waals surface area contributed by atoms with E-state index in [1.54, 1.807) is 18.2 Å². The van der Waals surface area contributed by atoms with Crippen LogP contribution in [0.2, 0.25) is 5.15 Å². The number of carbonyl (C=O) groups is 1. The molecule has 0 bridgehead atoms. The number of carboxylic acid groups (broad SMARTS) is 1. The maximum absolute atomic E-state index is 10.7. The highest BCUT2D eigenvalue weighted by atomic mass is 35.5. The Labute approximate surface area is 120 Å². The number of hydrogen-bond donors (Lipinski definition) is 3. The number of anilines is 1. The van der Waals surface area contributed by atoms with Crippen LogP contribution in [0.3, 0.4) is 0 Å². The highest BCUT2D eigenvalue weighted by Gasteiger charge is 2.12. The van der Waals surface area contributed by atoms with E-state index in [9.17, 15) is 4.79 Å². The van der Waals surface area contributed by atoms with Crippen LogP contribution in [-0.4, -0.2) is 27.1 Å². The molecule has 7 heteroatoms. The summed E-state index contributed by atoms with van der Waals surface area (Å²) in [4.78, 5) is 18.6. The van der Waals surface area contributed by atoms with E-state index in [2.05, 4.69) is 9.97 Å². The lowest BCUT2D eigenvalue weighted by Gasteiger charge is -2.07. The molecule has 0 aliphatic rings. The van der Waals surface area contributed by atoms with Crippen LogP contribution in [0.15, 0.2) is 30.3 Å². The van der Waals surface area contributed by atoms with E-state index in [1.807, 2.05) is 12.1 Å². The zero-order chi connectivity index (χ0) is 14.7. The standard InChI is InChI=1S/C13H13ClN4O2/c14-11-6-10(17-13(16)18-11)8-3-1-7(2-4-8)5-9(15)12(19)20/h1-4,6,9H,5,15H2,(H,19,20)(H2,16,17,18)/t9-/m0/s1. The molecule has 2 aromatic rings. The molecule has 5 N–H and O–H groups in total. The van der Waals surface area contributed by atoms with Crippen LogP contribution >= 0.6 is 11.6 Å². The molecule has 1 aromatic carbocycles. The third-order valence-corrected chi connectivity index (χ3v) is 2.93. The Bertz CT molecular complexity index is 611. The van der Waals surface area contributed by atoms with E-state index < -0.39 is 12.0 Å². The fourth-order valence-corrected chi connectivity index (χ4v) is 1.93. The van der Waals surface area contributed by atoms with Crippen molar-refractivity contribution in [2.45, 2.75) is 12.5 Å². The van der Waals surface area contributed by atoms with E-state index in [-0.39, 0.29) is 17.5 Å². The van der Waals surface area contributed by atoms with Gasteiger partial charge in [-0.2, -0.15) is 0 Å². The zero-order valence-corrected chi connectivity index (χ0v) is 11.2. The lowest BCUT2D eigenvalue weighted by Crippen LogP contribution is -2.32. The number of rotatable bonds is 4. The molecule has 0 saturated heterocycles. The zero-order valence-electron chi connectivity index (χ0n) is 10.5. The van der Waals surface area contributed by atoms with Crippen molar-refractivity contribution in [3.05, 3.63) is 41.0 Å². The van der Waals surface area contributed by atoms with Crippen molar-refractivity contribution >= 4 is 23.5 Å². The lowest BCUT2D eigenvalue weighted by atomic mass is 10.0. The average Bonchev–Trinajstić information content (AvgIpc) is 2.38. The minimum Gasteiger partial charge on any atom is -0.480 e. The molecule has 1 heterocycles. The van der Waals surface area contributed by atoms with Crippen molar-refractivity contribution in [3.63, 3.8) is 0 Å². The largest absolute Gasteiger partial charge is 0.480 e. The lowest BCUT2D eigenvalue weighted by molar-refractivity contribution is -0.138. The monoisotopic (exact) mass is 292 g/mol. The van der Waals surface area contributed by atoms with Gasteiger partial charge in [0.15, 0.2) is 0 Å². The summed E-state index contributed by atoms with van der Waals surface area (Å²) in [5.74, 6) is -0.922. The molecule has 0 amide bonds. The molecular weight excluding hydrogens is 280 g/mol. The summed E-state index contributed by atoms with van der Waals surface area (Å²) < 4.78 is 0. The summed E-state index contributed by atoms with van der Waals surface area (Å²) in [6, 6.07) is 7.90. The summed E-state index contributed by atoms with van der Waals surface area (Å²) >= 11 is 5.82. The molecule has 0 aliphatic heterocycles. The van der Waals surface area contributed by atoms with Gasteiger partial charge in [0.1, 0.15) is 11.2 Å². The maximum atomic E-state index is 10.7. The molecule has 0 unspecified atom stereocenters. The van der Waals surface area contributed by atoms with Crippen LogP contribution in [0.5, 0.6) is 0 Å². The number of aliphatic carboxylic acids is 1. The van der Waals surface area contributed by atoms with E-state index in [0.29, 0.717) is 5.69 Å². The Morgan fingerprint density at radius 2 is 1.95 bits per heavy atom. The highest BCUT2D eigenvalue weighted by molar-refractivity contribution is 6.29. The topological polar surface area (TPSA) is 115 Å². The summed E-state index contributed by atoms with van der Waals surface area (Å²) in [7, 11) is 0. The van der Waals surface area contributed by atoms with E-state index >= 15 is 0 Å². The van der Waals surface area contributed by atoms with Crippen molar-refractivity contribution < 1.29 is 9.90 Å². The van der Waals surface area contributed by atoms with Crippen LogP contribution in [0, 0.1) is 0 Å². The Balaban J connectivity index is 2.21. The van der Waals surface area contributed by atoms with Gasteiger partial charge >= 0.3 is 5.97 Å². The van der Waals surface area contributed by atoms with Gasteiger partial charge < -0.3 is 16.6 Å². The molecular formula is C13H13ClN4O2. The van der Waals surface area contributed by atoms with Crippen LogP contribution in [0.25, 0.3) is 11.3 Å². The SMILES string of the molecule is Nc1nc(Cl)cc(-c2ccc(C[C@H](N)C(=O)O)cc2)n1. The van der Waals surface area contributed by atoms with Crippen molar-refractivity contribution in [2.75, 3.05) is 5.73 Å². The second-order valence-electron chi connectivity index (χ2n) is 4.28. The normalized spacial score (nSPS) is 12.1. The number of benzene rings is 1. The number of nitrogens with two attached hydrogens (primary N) is 2. The van der Waals surface area contributed by atoms with E-state index in [4.69, 9.17) is 28.2 Å². The molecule has 0 radical (unpaired) electrons. The first-order valence-electron chi connectivity index (χ1n) is 5.83. The average molecular weight is 293 g/mol. The van der Waals surface area contributed by atoms with Gasteiger partial charge in [0.25, 0.3) is 0 Å². The van der Waals surface area contributed by atoms with Crippen LogP contribution in [0.1, 0.15) is 5.56 Å². The molecule has 1 atom stereocenters. The maximum Gasteiger partial charge on any atom is 0.320 e. The van der Waals surface area contributed by atoms with E-state index in [1.165, 1.54) is 0 Å². The van der Waals surface area contributed by atoms with E-state index in [0.717, 1.165) is 11.1 Å². The fraction of sp³-hybridized carbons (Fsp3) is 0.154. The third-order valence-electron chi connectivity index (χ3n) is 2.73. The Kier molecular flexibility index (Phi) is 4.16. The first-order chi connectivity index (χ1) is 9.45. The second-order valence-corrected chi connectivity index (χ2v) is 4.67. The number of aromatic nitrogens is 2. The van der Waals surface area contributed by atoms with Crippen molar-refractivity contribution in [3.8, 4) is 11.3 Å². The summed E-state index contributed by atoms with van der Waals surface area (Å²) in [6.45, 7) is 0. The predicted octanol–water partition coefficient (Wildman–Crippen LogP) is 1.33. The number of halogens is 1. The van der Waals surface area contributed by atoms with Gasteiger partial charge in [-0.05, 0) is 12.0 Å².